The van der Waals surface area contributed by atoms with E-state index < -0.39 is 21.3 Å². The summed E-state index contributed by atoms with van der Waals surface area (Å²) in [6, 6.07) is 17.0. The monoisotopic (exact) mass is 404 g/mol. The van der Waals surface area contributed by atoms with Gasteiger partial charge in [-0.2, -0.15) is 5.06 Å². The summed E-state index contributed by atoms with van der Waals surface area (Å²) in [5, 5.41) is 0.960. The maximum Gasteiger partial charge on any atom is 0.221 e. The summed E-state index contributed by atoms with van der Waals surface area (Å²) in [5.41, 5.74) is 1.93. The van der Waals surface area contributed by atoms with Crippen LogP contribution >= 0.6 is 0 Å². The Bertz CT molecular complexity index is 886. The molecule has 6 nitrogen and oxygen atoms in total. The normalized spacial score (nSPS) is 20.8. The van der Waals surface area contributed by atoms with E-state index in [1.165, 1.54) is 4.31 Å². The highest BCUT2D eigenvalue weighted by molar-refractivity contribution is 7.89. The molecule has 2 aromatic carbocycles. The van der Waals surface area contributed by atoms with Crippen LogP contribution in [-0.2, 0) is 21.5 Å². The predicted octanol–water partition coefficient (Wildman–Crippen LogP) is 3.22. The molecule has 1 aliphatic heterocycles. The van der Waals surface area contributed by atoms with Gasteiger partial charge in [0.05, 0.1) is 12.6 Å². The summed E-state index contributed by atoms with van der Waals surface area (Å²) >= 11 is 0. The second-order valence-corrected chi connectivity index (χ2v) is 9.54. The number of hydroxylamine groups is 2. The lowest BCUT2D eigenvalue weighted by molar-refractivity contribution is -0.110. The molecule has 0 saturated carbocycles. The quantitative estimate of drug-likeness (QED) is 0.709. The topological polar surface area (TPSA) is 59.1 Å². The third-order valence-corrected chi connectivity index (χ3v) is 7.53. The fraction of sp³-hybridized carbons (Fsp3) is 0.429. The SMILES string of the molecule is CC(C)N(C)S(=O)(=O)[C@H]1CON(C)[C@H]1c1cccc(OCc2ccccc2)c1. The molecule has 152 valence electrons. The summed E-state index contributed by atoms with van der Waals surface area (Å²) in [4.78, 5) is 5.60. The fourth-order valence-electron chi connectivity index (χ4n) is 3.31. The zero-order chi connectivity index (χ0) is 20.3. The number of rotatable bonds is 7. The van der Waals surface area contributed by atoms with E-state index in [0.717, 1.165) is 11.1 Å². The Morgan fingerprint density at radius 1 is 1.18 bits per heavy atom. The Hall–Kier alpha value is -1.93. The van der Waals surface area contributed by atoms with Crippen LogP contribution in [0.25, 0.3) is 0 Å². The average molecular weight is 405 g/mol. The van der Waals surface area contributed by atoms with Crippen LogP contribution in [0.3, 0.4) is 0 Å². The van der Waals surface area contributed by atoms with Gasteiger partial charge in [0.1, 0.15) is 17.6 Å². The van der Waals surface area contributed by atoms with E-state index in [4.69, 9.17) is 9.57 Å². The van der Waals surface area contributed by atoms with E-state index >= 15 is 0 Å². The first-order valence-electron chi connectivity index (χ1n) is 9.40. The molecule has 1 aliphatic rings. The summed E-state index contributed by atoms with van der Waals surface area (Å²) < 4.78 is 33.5. The van der Waals surface area contributed by atoms with Crippen molar-refractivity contribution in [2.45, 2.75) is 37.8 Å². The van der Waals surface area contributed by atoms with Gasteiger partial charge in [-0.15, -0.1) is 0 Å². The average Bonchev–Trinajstić information content (AvgIpc) is 3.09. The summed E-state index contributed by atoms with van der Waals surface area (Å²) in [7, 11) is -0.120. The van der Waals surface area contributed by atoms with Crippen molar-refractivity contribution in [1.82, 2.24) is 9.37 Å². The van der Waals surface area contributed by atoms with Crippen LogP contribution in [0, 0.1) is 0 Å². The maximum atomic E-state index is 13.1. The molecule has 0 amide bonds. The molecule has 28 heavy (non-hydrogen) atoms. The molecule has 0 aromatic heterocycles. The van der Waals surface area contributed by atoms with Crippen LogP contribution in [0.15, 0.2) is 54.6 Å². The maximum absolute atomic E-state index is 13.1. The smallest absolute Gasteiger partial charge is 0.221 e. The van der Waals surface area contributed by atoms with Gasteiger partial charge in [0.2, 0.25) is 10.0 Å². The van der Waals surface area contributed by atoms with Crippen molar-refractivity contribution >= 4 is 10.0 Å². The van der Waals surface area contributed by atoms with Gasteiger partial charge in [-0.25, -0.2) is 12.7 Å². The molecule has 1 saturated heterocycles. The van der Waals surface area contributed by atoms with E-state index in [1.807, 2.05) is 68.4 Å². The van der Waals surface area contributed by atoms with Gasteiger partial charge in [0, 0.05) is 20.1 Å². The van der Waals surface area contributed by atoms with Crippen molar-refractivity contribution in [1.29, 1.82) is 0 Å². The third kappa shape index (κ3) is 4.38. The van der Waals surface area contributed by atoms with E-state index in [-0.39, 0.29) is 12.6 Å². The van der Waals surface area contributed by atoms with Crippen LogP contribution in [0.5, 0.6) is 5.75 Å². The first kappa shape index (κ1) is 20.8. The molecule has 0 aliphatic carbocycles. The molecule has 3 rings (SSSR count). The predicted molar refractivity (Wildman–Crippen MR) is 109 cm³/mol. The van der Waals surface area contributed by atoms with Gasteiger partial charge < -0.3 is 4.74 Å². The van der Waals surface area contributed by atoms with Gasteiger partial charge in [0.15, 0.2) is 0 Å². The van der Waals surface area contributed by atoms with Crippen LogP contribution in [0.1, 0.15) is 31.0 Å². The minimum Gasteiger partial charge on any atom is -0.489 e. The highest BCUT2D eigenvalue weighted by atomic mass is 32.2. The van der Waals surface area contributed by atoms with Crippen LogP contribution in [0.4, 0.5) is 0 Å². The molecular formula is C21H28N2O4S. The van der Waals surface area contributed by atoms with Crippen molar-refractivity contribution < 1.29 is 18.0 Å². The van der Waals surface area contributed by atoms with Crippen molar-refractivity contribution in [3.63, 3.8) is 0 Å². The molecule has 0 radical (unpaired) electrons. The molecule has 1 heterocycles. The van der Waals surface area contributed by atoms with Gasteiger partial charge in [-0.05, 0) is 37.1 Å². The third-order valence-electron chi connectivity index (χ3n) is 5.15. The molecule has 0 N–H and O–H groups in total. The lowest BCUT2D eigenvalue weighted by Crippen LogP contribution is -2.43. The molecule has 2 atom stereocenters. The Kier molecular flexibility index (Phi) is 6.40. The summed E-state index contributed by atoms with van der Waals surface area (Å²) in [5.74, 6) is 0.704. The zero-order valence-corrected chi connectivity index (χ0v) is 17.6. The number of sulfonamides is 1. The van der Waals surface area contributed by atoms with Crippen LogP contribution in [-0.4, -0.2) is 49.8 Å². The molecule has 7 heteroatoms. The first-order valence-corrected chi connectivity index (χ1v) is 10.9. The van der Waals surface area contributed by atoms with Gasteiger partial charge in [0.25, 0.3) is 0 Å². The van der Waals surface area contributed by atoms with Gasteiger partial charge >= 0.3 is 0 Å². The number of benzene rings is 2. The zero-order valence-electron chi connectivity index (χ0n) is 16.8. The molecule has 0 bridgehead atoms. The highest BCUT2D eigenvalue weighted by Crippen LogP contribution is 2.36. The first-order chi connectivity index (χ1) is 13.3. The summed E-state index contributed by atoms with van der Waals surface area (Å²) in [6.45, 7) is 4.32. The van der Waals surface area contributed by atoms with E-state index in [2.05, 4.69) is 0 Å². The lowest BCUT2D eigenvalue weighted by Gasteiger charge is -2.28. The van der Waals surface area contributed by atoms with Crippen molar-refractivity contribution in [3.8, 4) is 5.75 Å². The van der Waals surface area contributed by atoms with Gasteiger partial charge in [-0.3, -0.25) is 4.84 Å². The number of ether oxygens (including phenoxy) is 1. The van der Waals surface area contributed by atoms with Gasteiger partial charge in [-0.1, -0.05) is 42.5 Å². The lowest BCUT2D eigenvalue weighted by atomic mass is 10.0. The largest absolute Gasteiger partial charge is 0.489 e. The number of nitrogens with zero attached hydrogens (tertiary/aromatic N) is 2. The Balaban J connectivity index is 1.82. The minimum atomic E-state index is -3.51. The molecule has 1 fully saturated rings. The Morgan fingerprint density at radius 2 is 1.89 bits per heavy atom. The standard InChI is InChI=1S/C21H28N2O4S/c1-16(2)23(4)28(24,25)20-15-27-22(3)21(20)18-11-8-12-19(13-18)26-14-17-9-6-5-7-10-17/h5-13,16,20-21H,14-15H2,1-4H3/t20-,21-/m0/s1. The van der Waals surface area contributed by atoms with Crippen LogP contribution in [0.2, 0.25) is 0 Å². The Labute approximate surface area is 167 Å². The Morgan fingerprint density at radius 3 is 2.57 bits per heavy atom. The van der Waals surface area contributed by atoms with E-state index in [0.29, 0.717) is 12.4 Å². The minimum absolute atomic E-state index is 0.114. The highest BCUT2D eigenvalue weighted by Gasteiger charge is 2.45. The van der Waals surface area contributed by atoms with Crippen molar-refractivity contribution in [2.24, 2.45) is 0 Å². The van der Waals surface area contributed by atoms with Crippen LogP contribution < -0.4 is 4.74 Å². The molecule has 0 spiro atoms. The summed E-state index contributed by atoms with van der Waals surface area (Å²) in [6.07, 6.45) is 0. The van der Waals surface area contributed by atoms with Crippen molar-refractivity contribution in [2.75, 3.05) is 20.7 Å². The second-order valence-electron chi connectivity index (χ2n) is 7.33. The molecular weight excluding hydrogens is 376 g/mol. The number of hydrogen-bond donors (Lipinski definition) is 0. The number of hydrogen-bond acceptors (Lipinski definition) is 5. The fourth-order valence-corrected chi connectivity index (χ4v) is 5.21. The van der Waals surface area contributed by atoms with E-state index in [9.17, 15) is 8.42 Å². The van der Waals surface area contributed by atoms with E-state index in [1.54, 1.807) is 19.2 Å². The second kappa shape index (κ2) is 8.61. The molecule has 0 unspecified atom stereocenters. The van der Waals surface area contributed by atoms with Crippen molar-refractivity contribution in [3.05, 3.63) is 65.7 Å². The molecule has 2 aromatic rings.